The highest BCUT2D eigenvalue weighted by atomic mass is 19.1. The van der Waals surface area contributed by atoms with Gasteiger partial charge in [-0.25, -0.2) is 9.18 Å². The normalized spacial score (nSPS) is 11.0. The van der Waals surface area contributed by atoms with Crippen LogP contribution in [-0.2, 0) is 0 Å². The van der Waals surface area contributed by atoms with E-state index in [0.717, 1.165) is 22.3 Å². The van der Waals surface area contributed by atoms with E-state index >= 15 is 0 Å². The van der Waals surface area contributed by atoms with E-state index in [0.29, 0.717) is 11.5 Å². The second-order valence-electron chi connectivity index (χ2n) is 6.01. The molecule has 4 rings (SSSR count). The van der Waals surface area contributed by atoms with Gasteiger partial charge in [0.25, 0.3) is 0 Å². The van der Waals surface area contributed by atoms with E-state index in [4.69, 9.17) is 5.11 Å². The Morgan fingerprint density at radius 3 is 2.42 bits per heavy atom. The van der Waals surface area contributed by atoms with E-state index in [9.17, 15) is 9.18 Å². The molecule has 0 aliphatic rings. The van der Waals surface area contributed by atoms with Gasteiger partial charge in [0.05, 0.1) is 5.56 Å². The number of carboxylic acid groups (broad SMARTS) is 1. The van der Waals surface area contributed by atoms with Gasteiger partial charge in [-0.05, 0) is 72.1 Å². The zero-order valence-electron chi connectivity index (χ0n) is 13.8. The molecule has 0 fully saturated rings. The number of pyridine rings is 1. The second-order valence-corrected chi connectivity index (χ2v) is 6.01. The van der Waals surface area contributed by atoms with Crippen LogP contribution in [-0.4, -0.2) is 25.7 Å². The molecular weight excluding hydrogens is 333 g/mol. The molecule has 0 saturated heterocycles. The first-order chi connectivity index (χ1) is 12.5. The molecule has 5 nitrogen and oxygen atoms in total. The summed E-state index contributed by atoms with van der Waals surface area (Å²) in [4.78, 5) is 11.1. The molecule has 0 bridgehead atoms. The number of hydrogen-bond donors (Lipinski definition) is 1. The number of halogens is 1. The fourth-order valence-electron chi connectivity index (χ4n) is 2.97. The minimum Gasteiger partial charge on any atom is -0.478 e. The third-order valence-corrected chi connectivity index (χ3v) is 4.29. The molecule has 0 aliphatic heterocycles. The smallest absolute Gasteiger partial charge is 0.335 e. The van der Waals surface area contributed by atoms with Crippen molar-refractivity contribution in [2.45, 2.75) is 6.92 Å². The van der Waals surface area contributed by atoms with Crippen LogP contribution in [0.5, 0.6) is 0 Å². The molecule has 0 amide bonds. The molecule has 2 aromatic heterocycles. The molecule has 26 heavy (non-hydrogen) atoms. The Hall–Kier alpha value is -3.54. The van der Waals surface area contributed by atoms with Gasteiger partial charge < -0.3 is 5.11 Å². The minimum atomic E-state index is -0.951. The maximum Gasteiger partial charge on any atom is 0.335 e. The van der Waals surface area contributed by atoms with Crippen LogP contribution in [0.4, 0.5) is 4.39 Å². The summed E-state index contributed by atoms with van der Waals surface area (Å²) in [5, 5.41) is 17.5. The highest BCUT2D eigenvalue weighted by Crippen LogP contribution is 2.27. The third-order valence-electron chi connectivity index (χ3n) is 4.29. The fraction of sp³-hybridized carbons (Fsp3) is 0.0500. The molecule has 0 aliphatic carbocycles. The zero-order chi connectivity index (χ0) is 18.3. The number of aryl methyl sites for hydroxylation is 1. The van der Waals surface area contributed by atoms with Crippen LogP contribution in [0, 0.1) is 12.7 Å². The van der Waals surface area contributed by atoms with Gasteiger partial charge in [-0.1, -0.05) is 6.07 Å². The summed E-state index contributed by atoms with van der Waals surface area (Å²) in [6.45, 7) is 1.87. The highest BCUT2D eigenvalue weighted by Gasteiger charge is 2.12. The van der Waals surface area contributed by atoms with Crippen molar-refractivity contribution in [3.05, 3.63) is 77.7 Å². The summed E-state index contributed by atoms with van der Waals surface area (Å²) in [6.07, 6.45) is 1.90. The fourth-order valence-corrected chi connectivity index (χ4v) is 2.97. The van der Waals surface area contributed by atoms with E-state index in [1.807, 2.05) is 29.7 Å². The first-order valence-corrected chi connectivity index (χ1v) is 7.98. The maximum absolute atomic E-state index is 13.2. The van der Waals surface area contributed by atoms with Crippen molar-refractivity contribution in [3.63, 3.8) is 0 Å². The lowest BCUT2D eigenvalue weighted by Crippen LogP contribution is -1.98. The van der Waals surface area contributed by atoms with Gasteiger partial charge in [-0.15, -0.1) is 10.2 Å². The van der Waals surface area contributed by atoms with Crippen LogP contribution in [0.3, 0.4) is 0 Å². The van der Waals surface area contributed by atoms with Gasteiger partial charge in [0, 0.05) is 11.8 Å². The van der Waals surface area contributed by atoms with Crippen LogP contribution in [0.2, 0.25) is 0 Å². The van der Waals surface area contributed by atoms with Crippen LogP contribution in [0.15, 0.2) is 60.8 Å². The molecular formula is C20H14FN3O2. The molecule has 0 unspecified atom stereocenters. The Bertz CT molecular complexity index is 1130. The predicted octanol–water partition coefficient (Wildman–Crippen LogP) is 4.21. The minimum absolute atomic E-state index is 0.253. The molecule has 1 N–H and O–H groups in total. The number of rotatable bonds is 3. The topological polar surface area (TPSA) is 67.5 Å². The van der Waals surface area contributed by atoms with Gasteiger partial charge in [0.2, 0.25) is 0 Å². The first-order valence-electron chi connectivity index (χ1n) is 7.98. The number of fused-ring (bicyclic) bond motifs is 1. The molecule has 0 spiro atoms. The molecule has 4 aromatic rings. The van der Waals surface area contributed by atoms with Crippen molar-refractivity contribution in [3.8, 4) is 22.5 Å². The molecule has 2 aromatic carbocycles. The lowest BCUT2D eigenvalue weighted by Gasteiger charge is -2.08. The Balaban J connectivity index is 1.84. The Morgan fingerprint density at radius 1 is 1.00 bits per heavy atom. The van der Waals surface area contributed by atoms with E-state index in [1.165, 1.54) is 12.1 Å². The second kappa shape index (κ2) is 6.07. The Kier molecular flexibility index (Phi) is 3.73. The van der Waals surface area contributed by atoms with Crippen molar-refractivity contribution in [1.29, 1.82) is 0 Å². The molecule has 0 atom stereocenters. The molecule has 128 valence electrons. The predicted molar refractivity (Wildman–Crippen MR) is 95.5 cm³/mol. The van der Waals surface area contributed by atoms with E-state index < -0.39 is 5.97 Å². The summed E-state index contributed by atoms with van der Waals surface area (Å²) in [5.41, 5.74) is 4.39. The summed E-state index contributed by atoms with van der Waals surface area (Å²) in [7, 11) is 0. The molecule has 0 saturated carbocycles. The van der Waals surface area contributed by atoms with E-state index in [1.54, 1.807) is 30.3 Å². The van der Waals surface area contributed by atoms with Crippen molar-refractivity contribution >= 4 is 11.6 Å². The molecule has 6 heteroatoms. The number of nitrogens with zero attached hydrogens (tertiary/aromatic N) is 3. The van der Waals surface area contributed by atoms with Gasteiger partial charge in [0.1, 0.15) is 5.82 Å². The number of benzene rings is 2. The number of carbonyl (C=O) groups is 1. The monoisotopic (exact) mass is 347 g/mol. The lowest BCUT2D eigenvalue weighted by atomic mass is 9.99. The number of hydrogen-bond acceptors (Lipinski definition) is 3. The lowest BCUT2D eigenvalue weighted by molar-refractivity contribution is 0.0697. The van der Waals surface area contributed by atoms with Gasteiger partial charge in [-0.2, -0.15) is 0 Å². The van der Waals surface area contributed by atoms with Crippen molar-refractivity contribution < 1.29 is 14.3 Å². The summed E-state index contributed by atoms with van der Waals surface area (Å²) in [5.74, 6) is -0.647. The van der Waals surface area contributed by atoms with E-state index in [-0.39, 0.29) is 11.4 Å². The highest BCUT2D eigenvalue weighted by molar-refractivity contribution is 5.89. The van der Waals surface area contributed by atoms with Crippen molar-refractivity contribution in [2.24, 2.45) is 0 Å². The Morgan fingerprint density at radius 2 is 1.73 bits per heavy atom. The van der Waals surface area contributed by atoms with Crippen molar-refractivity contribution in [2.75, 3.05) is 0 Å². The maximum atomic E-state index is 13.2. The van der Waals surface area contributed by atoms with Crippen molar-refractivity contribution in [1.82, 2.24) is 14.6 Å². The SMILES string of the molecule is Cc1cc(C(=O)O)ccc1-c1ccc2nnc(-c3ccc(F)cc3)n2c1. The van der Waals surface area contributed by atoms with Gasteiger partial charge >= 0.3 is 5.97 Å². The Labute approximate surface area is 148 Å². The standard InChI is InChI=1S/C20H14FN3O2/c1-12-10-14(20(25)26)4-8-17(12)15-5-9-18-22-23-19(24(18)11-15)13-2-6-16(21)7-3-13/h2-11H,1H3,(H,25,26). The van der Waals surface area contributed by atoms with Gasteiger partial charge in [-0.3, -0.25) is 4.40 Å². The van der Waals surface area contributed by atoms with Crippen LogP contribution < -0.4 is 0 Å². The first kappa shape index (κ1) is 16.0. The zero-order valence-corrected chi connectivity index (χ0v) is 13.8. The van der Waals surface area contributed by atoms with Crippen LogP contribution >= 0.6 is 0 Å². The van der Waals surface area contributed by atoms with Crippen LogP contribution in [0.25, 0.3) is 28.2 Å². The largest absolute Gasteiger partial charge is 0.478 e. The molecule has 0 radical (unpaired) electrons. The number of aromatic carboxylic acids is 1. The van der Waals surface area contributed by atoms with Gasteiger partial charge in [0.15, 0.2) is 11.5 Å². The summed E-state index contributed by atoms with van der Waals surface area (Å²) < 4.78 is 15.0. The average Bonchev–Trinajstić information content (AvgIpc) is 3.05. The van der Waals surface area contributed by atoms with E-state index in [2.05, 4.69) is 10.2 Å². The summed E-state index contributed by atoms with van der Waals surface area (Å²) in [6, 6.07) is 14.9. The molecule has 2 heterocycles. The average molecular weight is 347 g/mol. The summed E-state index contributed by atoms with van der Waals surface area (Å²) >= 11 is 0. The quantitative estimate of drug-likeness (QED) is 0.603. The number of carboxylic acids is 1. The van der Waals surface area contributed by atoms with Crippen LogP contribution in [0.1, 0.15) is 15.9 Å². The number of aromatic nitrogens is 3. The third kappa shape index (κ3) is 2.71.